The Labute approximate surface area is 226 Å². The molecule has 1 aliphatic rings. The number of amides is 4. The number of benzene rings is 3. The number of methoxy groups -OCH3 is 1. The van der Waals surface area contributed by atoms with Gasteiger partial charge in [0.05, 0.1) is 22.2 Å². The SMILES string of the molecule is COc1cc(/C=C2\C(=O)NC(=O)N(c3cccc(C)c3C)C2=O)cc(Br)c1OCc1cccc([N+](=O)[O-])c1. The third-order valence-electron chi connectivity index (χ3n) is 5.99. The molecule has 38 heavy (non-hydrogen) atoms. The van der Waals surface area contributed by atoms with Gasteiger partial charge in [-0.1, -0.05) is 24.3 Å². The van der Waals surface area contributed by atoms with Crippen molar-refractivity contribution in [3.63, 3.8) is 0 Å². The molecule has 1 heterocycles. The second-order valence-electron chi connectivity index (χ2n) is 8.43. The molecule has 0 unspecified atom stereocenters. The third kappa shape index (κ3) is 5.28. The van der Waals surface area contributed by atoms with Gasteiger partial charge >= 0.3 is 6.03 Å². The van der Waals surface area contributed by atoms with Crippen molar-refractivity contribution in [1.82, 2.24) is 5.32 Å². The molecule has 1 saturated heterocycles. The number of hydrogen-bond acceptors (Lipinski definition) is 7. The van der Waals surface area contributed by atoms with Gasteiger partial charge in [0.2, 0.25) is 0 Å². The maximum absolute atomic E-state index is 13.3. The lowest BCUT2D eigenvalue weighted by atomic mass is 10.0. The van der Waals surface area contributed by atoms with E-state index in [0.29, 0.717) is 32.8 Å². The van der Waals surface area contributed by atoms with Gasteiger partial charge in [0.25, 0.3) is 17.5 Å². The first-order valence-electron chi connectivity index (χ1n) is 11.3. The number of anilines is 1. The van der Waals surface area contributed by atoms with Gasteiger partial charge in [0, 0.05) is 12.1 Å². The van der Waals surface area contributed by atoms with Crippen LogP contribution in [0.5, 0.6) is 11.5 Å². The molecule has 0 aliphatic carbocycles. The molecule has 3 aromatic rings. The summed E-state index contributed by atoms with van der Waals surface area (Å²) in [7, 11) is 1.43. The number of ether oxygens (including phenoxy) is 2. The number of carbonyl (C=O) groups excluding carboxylic acids is 3. The van der Waals surface area contributed by atoms with E-state index in [9.17, 15) is 24.5 Å². The van der Waals surface area contributed by atoms with Gasteiger partial charge in [-0.05, 0) is 76.3 Å². The molecule has 3 aromatic carbocycles. The van der Waals surface area contributed by atoms with Crippen LogP contribution in [0.1, 0.15) is 22.3 Å². The van der Waals surface area contributed by atoms with Crippen LogP contribution in [0.15, 0.2) is 64.6 Å². The van der Waals surface area contributed by atoms with E-state index in [2.05, 4.69) is 21.2 Å². The Hall–Kier alpha value is -4.51. The molecule has 10 nitrogen and oxygen atoms in total. The predicted octanol–water partition coefficient (Wildman–Crippen LogP) is 5.23. The fraction of sp³-hybridized carbons (Fsp3) is 0.148. The van der Waals surface area contributed by atoms with Gasteiger partial charge in [-0.25, -0.2) is 9.69 Å². The lowest BCUT2D eigenvalue weighted by molar-refractivity contribution is -0.384. The summed E-state index contributed by atoms with van der Waals surface area (Å²) >= 11 is 3.43. The second kappa shape index (κ2) is 10.9. The maximum Gasteiger partial charge on any atom is 0.335 e. The van der Waals surface area contributed by atoms with Crippen molar-refractivity contribution in [2.75, 3.05) is 12.0 Å². The molecule has 4 amide bonds. The van der Waals surface area contributed by atoms with E-state index in [-0.39, 0.29) is 17.9 Å². The highest BCUT2D eigenvalue weighted by Crippen LogP contribution is 2.38. The number of nitro groups is 1. The van der Waals surface area contributed by atoms with Crippen LogP contribution in [0.2, 0.25) is 0 Å². The molecule has 194 valence electrons. The lowest BCUT2D eigenvalue weighted by Crippen LogP contribution is -2.54. The predicted molar refractivity (Wildman–Crippen MR) is 143 cm³/mol. The monoisotopic (exact) mass is 579 g/mol. The van der Waals surface area contributed by atoms with Crippen molar-refractivity contribution < 1.29 is 28.8 Å². The highest BCUT2D eigenvalue weighted by molar-refractivity contribution is 9.10. The average molecular weight is 580 g/mol. The number of barbiturate groups is 1. The molecular formula is C27H22BrN3O7. The molecule has 4 rings (SSSR count). The summed E-state index contributed by atoms with van der Waals surface area (Å²) in [6.07, 6.45) is 1.36. The molecule has 1 fully saturated rings. The molecule has 0 radical (unpaired) electrons. The number of halogens is 1. The van der Waals surface area contributed by atoms with E-state index >= 15 is 0 Å². The Kier molecular flexibility index (Phi) is 7.58. The third-order valence-corrected chi connectivity index (χ3v) is 6.57. The fourth-order valence-electron chi connectivity index (χ4n) is 3.90. The number of non-ortho nitro benzene ring substituents is 1. The van der Waals surface area contributed by atoms with Crippen molar-refractivity contribution in [1.29, 1.82) is 0 Å². The van der Waals surface area contributed by atoms with Gasteiger partial charge in [-0.15, -0.1) is 0 Å². The molecule has 0 saturated carbocycles. The van der Waals surface area contributed by atoms with Crippen molar-refractivity contribution in [2.45, 2.75) is 20.5 Å². The van der Waals surface area contributed by atoms with Gasteiger partial charge in [0.15, 0.2) is 11.5 Å². The summed E-state index contributed by atoms with van der Waals surface area (Å²) < 4.78 is 11.8. The number of nitro benzene ring substituents is 1. The summed E-state index contributed by atoms with van der Waals surface area (Å²) in [5, 5.41) is 13.3. The summed E-state index contributed by atoms with van der Waals surface area (Å²) in [4.78, 5) is 50.0. The molecule has 1 N–H and O–H groups in total. The first-order valence-corrected chi connectivity index (χ1v) is 12.1. The molecule has 0 atom stereocenters. The largest absolute Gasteiger partial charge is 0.493 e. The van der Waals surface area contributed by atoms with Crippen LogP contribution in [-0.4, -0.2) is 29.9 Å². The molecule has 1 aliphatic heterocycles. The quantitative estimate of drug-likeness (QED) is 0.176. The van der Waals surface area contributed by atoms with E-state index in [1.165, 1.54) is 25.3 Å². The summed E-state index contributed by atoms with van der Waals surface area (Å²) in [5.41, 5.74) is 2.74. The summed E-state index contributed by atoms with van der Waals surface area (Å²) in [6, 6.07) is 13.7. The zero-order chi connectivity index (χ0) is 27.6. The summed E-state index contributed by atoms with van der Waals surface area (Å²) in [6.45, 7) is 3.68. The van der Waals surface area contributed by atoms with E-state index in [0.717, 1.165) is 16.0 Å². The van der Waals surface area contributed by atoms with Gasteiger partial charge in [-0.2, -0.15) is 0 Å². The van der Waals surface area contributed by atoms with Crippen molar-refractivity contribution in [3.05, 3.63) is 97.0 Å². The Morgan fingerprint density at radius 1 is 1.08 bits per heavy atom. The maximum atomic E-state index is 13.3. The Balaban J connectivity index is 1.65. The first kappa shape index (κ1) is 26.6. The minimum atomic E-state index is -0.825. The second-order valence-corrected chi connectivity index (χ2v) is 9.28. The van der Waals surface area contributed by atoms with Crippen LogP contribution in [-0.2, 0) is 16.2 Å². The lowest BCUT2D eigenvalue weighted by Gasteiger charge is -2.28. The molecule has 0 bridgehead atoms. The van der Waals surface area contributed by atoms with Crippen molar-refractivity contribution in [3.8, 4) is 11.5 Å². The minimum Gasteiger partial charge on any atom is -0.493 e. The average Bonchev–Trinajstić information content (AvgIpc) is 2.88. The Morgan fingerprint density at radius 2 is 1.82 bits per heavy atom. The van der Waals surface area contributed by atoms with Gasteiger partial charge in [0.1, 0.15) is 12.2 Å². The van der Waals surface area contributed by atoms with E-state index < -0.39 is 22.8 Å². The van der Waals surface area contributed by atoms with E-state index in [1.54, 1.807) is 43.3 Å². The van der Waals surface area contributed by atoms with Crippen molar-refractivity contribution in [2.24, 2.45) is 0 Å². The highest BCUT2D eigenvalue weighted by Gasteiger charge is 2.37. The number of nitrogens with one attached hydrogen (secondary N) is 1. The van der Waals surface area contributed by atoms with Crippen LogP contribution in [0, 0.1) is 24.0 Å². The van der Waals surface area contributed by atoms with Crippen LogP contribution in [0.25, 0.3) is 6.08 Å². The number of rotatable bonds is 7. The molecule has 0 spiro atoms. The fourth-order valence-corrected chi connectivity index (χ4v) is 4.47. The van der Waals surface area contributed by atoms with Crippen LogP contribution < -0.4 is 19.7 Å². The first-order chi connectivity index (χ1) is 18.1. The van der Waals surface area contributed by atoms with Crippen LogP contribution >= 0.6 is 15.9 Å². The number of aryl methyl sites for hydroxylation is 1. The topological polar surface area (TPSA) is 128 Å². The number of hydrogen-bond donors (Lipinski definition) is 1. The Morgan fingerprint density at radius 3 is 2.53 bits per heavy atom. The van der Waals surface area contributed by atoms with Gasteiger partial charge < -0.3 is 9.47 Å². The van der Waals surface area contributed by atoms with Gasteiger partial charge in [-0.3, -0.25) is 25.0 Å². The minimum absolute atomic E-state index is 0.0326. The van der Waals surface area contributed by atoms with E-state index in [4.69, 9.17) is 9.47 Å². The van der Waals surface area contributed by atoms with Crippen LogP contribution in [0.3, 0.4) is 0 Å². The zero-order valence-electron chi connectivity index (χ0n) is 20.6. The van der Waals surface area contributed by atoms with E-state index in [1.807, 2.05) is 13.0 Å². The number of nitrogens with zero attached hydrogens (tertiary/aromatic N) is 2. The summed E-state index contributed by atoms with van der Waals surface area (Å²) in [5.74, 6) is -0.952. The molecule has 11 heteroatoms. The highest BCUT2D eigenvalue weighted by atomic mass is 79.9. The molecular weight excluding hydrogens is 558 g/mol. The molecule has 0 aromatic heterocycles. The number of urea groups is 1. The zero-order valence-corrected chi connectivity index (χ0v) is 22.2. The van der Waals surface area contributed by atoms with Crippen molar-refractivity contribution >= 4 is 51.2 Å². The number of imide groups is 2. The number of carbonyl (C=O) groups is 3. The van der Waals surface area contributed by atoms with Crippen LogP contribution in [0.4, 0.5) is 16.2 Å². The smallest absolute Gasteiger partial charge is 0.335 e. The normalized spacial score (nSPS) is 14.5. The standard InChI is InChI=1S/C27H22BrN3O7/c1-15-6-4-9-22(16(15)2)30-26(33)20(25(32)29-27(30)34)11-18-12-21(28)24(23(13-18)37-3)38-14-17-7-5-8-19(10-17)31(35)36/h4-13H,14H2,1-3H3,(H,29,32,34)/b20-11+. The Bertz CT molecular complexity index is 1520.